The number of hydrogen-bond acceptors (Lipinski definition) is 3. The van der Waals surface area contributed by atoms with Crippen LogP contribution in [0.15, 0.2) is 51.4 Å². The molecule has 21 heavy (non-hydrogen) atoms. The molecule has 0 aliphatic heterocycles. The fourth-order valence-corrected chi connectivity index (χ4v) is 2.46. The number of halogens is 3. The molecule has 108 valence electrons. The van der Waals surface area contributed by atoms with Gasteiger partial charge < -0.3 is 4.42 Å². The van der Waals surface area contributed by atoms with Gasteiger partial charge in [-0.3, -0.25) is 5.84 Å². The van der Waals surface area contributed by atoms with Crippen LogP contribution in [0, 0.1) is 11.6 Å². The zero-order valence-electron chi connectivity index (χ0n) is 10.7. The molecule has 3 N–H and O–H groups in total. The van der Waals surface area contributed by atoms with Crippen molar-refractivity contribution in [2.45, 2.75) is 6.04 Å². The van der Waals surface area contributed by atoms with Gasteiger partial charge in [0.05, 0.1) is 4.47 Å². The summed E-state index contributed by atoms with van der Waals surface area (Å²) in [6.07, 6.45) is 0. The summed E-state index contributed by atoms with van der Waals surface area (Å²) in [4.78, 5) is 0. The first-order chi connectivity index (χ1) is 10.1. The van der Waals surface area contributed by atoms with Crippen LogP contribution in [-0.2, 0) is 0 Å². The molecule has 6 heteroatoms. The molecule has 0 aliphatic rings. The molecule has 1 atom stereocenters. The zero-order chi connectivity index (χ0) is 15.0. The normalized spacial score (nSPS) is 12.8. The molecule has 0 fully saturated rings. The lowest BCUT2D eigenvalue weighted by Crippen LogP contribution is -2.28. The Bertz CT molecular complexity index is 803. The lowest BCUT2D eigenvalue weighted by atomic mass is 10.0. The lowest BCUT2D eigenvalue weighted by Gasteiger charge is -2.14. The van der Waals surface area contributed by atoms with Gasteiger partial charge in [0.2, 0.25) is 0 Å². The Balaban J connectivity index is 2.06. The van der Waals surface area contributed by atoms with Gasteiger partial charge in [-0.1, -0.05) is 6.07 Å². The van der Waals surface area contributed by atoms with Crippen LogP contribution < -0.4 is 11.3 Å². The van der Waals surface area contributed by atoms with Gasteiger partial charge in [-0.25, -0.2) is 14.2 Å². The fraction of sp³-hybridized carbons (Fsp3) is 0.0667. The molecule has 1 aromatic heterocycles. The number of hydrazine groups is 1. The van der Waals surface area contributed by atoms with E-state index in [2.05, 4.69) is 21.4 Å². The van der Waals surface area contributed by atoms with Crippen molar-refractivity contribution in [1.29, 1.82) is 0 Å². The standard InChI is InChI=1S/C15H11BrF2N2O/c16-11-3-1-8(6-12(11)18)15(20-19)14-7-9-5-10(17)2-4-13(9)21-14/h1-7,15,20H,19H2. The van der Waals surface area contributed by atoms with E-state index in [9.17, 15) is 8.78 Å². The molecule has 0 spiro atoms. The Hall–Kier alpha value is -1.76. The minimum atomic E-state index is -0.525. The summed E-state index contributed by atoms with van der Waals surface area (Å²) in [6, 6.07) is 10.1. The van der Waals surface area contributed by atoms with Crippen LogP contribution >= 0.6 is 15.9 Å². The summed E-state index contributed by atoms with van der Waals surface area (Å²) in [5.41, 5.74) is 3.74. The monoisotopic (exact) mass is 352 g/mol. The maximum atomic E-state index is 13.7. The third-order valence-electron chi connectivity index (χ3n) is 3.23. The van der Waals surface area contributed by atoms with Crippen molar-refractivity contribution in [2.24, 2.45) is 5.84 Å². The molecule has 3 aromatic rings. The highest BCUT2D eigenvalue weighted by Crippen LogP contribution is 2.29. The van der Waals surface area contributed by atoms with Crippen molar-refractivity contribution < 1.29 is 13.2 Å². The number of benzene rings is 2. The van der Waals surface area contributed by atoms with Crippen molar-refractivity contribution in [1.82, 2.24) is 5.43 Å². The van der Waals surface area contributed by atoms with Gasteiger partial charge in [-0.2, -0.15) is 0 Å². The van der Waals surface area contributed by atoms with E-state index in [1.165, 1.54) is 18.2 Å². The molecule has 0 saturated heterocycles. The van der Waals surface area contributed by atoms with Crippen LogP contribution in [-0.4, -0.2) is 0 Å². The SMILES string of the molecule is NNC(c1ccc(Br)c(F)c1)c1cc2cc(F)ccc2o1. The molecule has 2 aromatic carbocycles. The van der Waals surface area contributed by atoms with Gasteiger partial charge in [0.1, 0.15) is 29.0 Å². The molecule has 3 nitrogen and oxygen atoms in total. The van der Waals surface area contributed by atoms with Crippen molar-refractivity contribution in [3.63, 3.8) is 0 Å². The average Bonchev–Trinajstić information content (AvgIpc) is 2.86. The number of hydrogen-bond donors (Lipinski definition) is 2. The summed E-state index contributed by atoms with van der Waals surface area (Å²) >= 11 is 3.10. The van der Waals surface area contributed by atoms with Crippen molar-refractivity contribution in [3.8, 4) is 0 Å². The maximum Gasteiger partial charge on any atom is 0.137 e. The average molecular weight is 353 g/mol. The Kier molecular flexibility index (Phi) is 3.75. The van der Waals surface area contributed by atoms with Crippen LogP contribution in [0.3, 0.4) is 0 Å². The van der Waals surface area contributed by atoms with Crippen LogP contribution in [0.25, 0.3) is 11.0 Å². The van der Waals surface area contributed by atoms with E-state index < -0.39 is 11.9 Å². The van der Waals surface area contributed by atoms with Crippen molar-refractivity contribution in [2.75, 3.05) is 0 Å². The molecular weight excluding hydrogens is 342 g/mol. The maximum absolute atomic E-state index is 13.7. The Morgan fingerprint density at radius 3 is 2.62 bits per heavy atom. The third-order valence-corrected chi connectivity index (χ3v) is 3.87. The van der Waals surface area contributed by atoms with Crippen LogP contribution in [0.4, 0.5) is 8.78 Å². The summed E-state index contributed by atoms with van der Waals surface area (Å²) in [6.45, 7) is 0. The fourth-order valence-electron chi connectivity index (χ4n) is 2.21. The first-order valence-electron chi connectivity index (χ1n) is 6.18. The molecule has 1 unspecified atom stereocenters. The van der Waals surface area contributed by atoms with Crippen molar-refractivity contribution >= 4 is 26.9 Å². The predicted octanol–water partition coefficient (Wildman–Crippen LogP) is 4.03. The highest BCUT2D eigenvalue weighted by Gasteiger charge is 2.18. The minimum absolute atomic E-state index is 0.346. The second kappa shape index (κ2) is 5.55. The number of furan rings is 1. The van der Waals surface area contributed by atoms with E-state index in [1.807, 2.05) is 0 Å². The van der Waals surface area contributed by atoms with E-state index in [0.29, 0.717) is 26.8 Å². The van der Waals surface area contributed by atoms with Gasteiger partial charge in [0.25, 0.3) is 0 Å². The quantitative estimate of drug-likeness (QED) is 0.552. The first-order valence-corrected chi connectivity index (χ1v) is 6.98. The minimum Gasteiger partial charge on any atom is -0.459 e. The molecule has 0 amide bonds. The van der Waals surface area contributed by atoms with Gasteiger partial charge in [-0.15, -0.1) is 0 Å². The number of fused-ring (bicyclic) bond motifs is 1. The largest absolute Gasteiger partial charge is 0.459 e. The summed E-state index contributed by atoms with van der Waals surface area (Å²) in [5, 5.41) is 0.628. The molecule has 0 bridgehead atoms. The Morgan fingerprint density at radius 2 is 1.90 bits per heavy atom. The van der Waals surface area contributed by atoms with E-state index >= 15 is 0 Å². The van der Waals surface area contributed by atoms with Crippen LogP contribution in [0.1, 0.15) is 17.4 Å². The predicted molar refractivity (Wildman–Crippen MR) is 79.4 cm³/mol. The molecule has 0 saturated carbocycles. The highest BCUT2D eigenvalue weighted by molar-refractivity contribution is 9.10. The molecule has 0 radical (unpaired) electrons. The van der Waals surface area contributed by atoms with Gasteiger partial charge in [-0.05, 0) is 57.9 Å². The first kappa shape index (κ1) is 14.2. The zero-order valence-corrected chi connectivity index (χ0v) is 12.3. The van der Waals surface area contributed by atoms with Crippen molar-refractivity contribution in [3.05, 3.63) is 69.9 Å². The number of rotatable bonds is 3. The topological polar surface area (TPSA) is 51.2 Å². The summed E-state index contributed by atoms with van der Waals surface area (Å²) in [5.74, 6) is 5.31. The van der Waals surface area contributed by atoms with Gasteiger partial charge in [0, 0.05) is 5.39 Å². The van der Waals surface area contributed by atoms with E-state index in [0.717, 1.165) is 0 Å². The Morgan fingerprint density at radius 1 is 1.10 bits per heavy atom. The Labute approximate surface area is 127 Å². The second-order valence-corrected chi connectivity index (χ2v) is 5.46. The lowest BCUT2D eigenvalue weighted by molar-refractivity contribution is 0.475. The van der Waals surface area contributed by atoms with E-state index in [-0.39, 0.29) is 5.82 Å². The van der Waals surface area contributed by atoms with Crippen LogP contribution in [0.2, 0.25) is 0 Å². The third kappa shape index (κ3) is 2.70. The number of nitrogens with two attached hydrogens (primary N) is 1. The number of nitrogens with one attached hydrogen (secondary N) is 1. The molecule has 0 aliphatic carbocycles. The molecule has 1 heterocycles. The molecule has 3 rings (SSSR count). The summed E-state index contributed by atoms with van der Waals surface area (Å²) < 4.78 is 32.9. The second-order valence-electron chi connectivity index (χ2n) is 4.60. The van der Waals surface area contributed by atoms with Crippen LogP contribution in [0.5, 0.6) is 0 Å². The molecular formula is C15H11BrF2N2O. The van der Waals surface area contributed by atoms with Gasteiger partial charge in [0.15, 0.2) is 0 Å². The highest BCUT2D eigenvalue weighted by atomic mass is 79.9. The van der Waals surface area contributed by atoms with Gasteiger partial charge >= 0.3 is 0 Å². The van der Waals surface area contributed by atoms with E-state index in [4.69, 9.17) is 10.3 Å². The summed E-state index contributed by atoms with van der Waals surface area (Å²) in [7, 11) is 0. The van der Waals surface area contributed by atoms with E-state index in [1.54, 1.807) is 24.3 Å². The smallest absolute Gasteiger partial charge is 0.137 e.